The average molecular weight is 375 g/mol. The fourth-order valence-electron chi connectivity index (χ4n) is 3.05. The molecule has 1 aliphatic rings. The van der Waals surface area contributed by atoms with Crippen molar-refractivity contribution in [3.8, 4) is 0 Å². The molecule has 7 heteroatoms. The summed E-state index contributed by atoms with van der Waals surface area (Å²) < 4.78 is 13.3. The summed E-state index contributed by atoms with van der Waals surface area (Å²) in [4.78, 5) is 25.4. The number of thiophene rings is 1. The predicted molar refractivity (Wildman–Crippen MR) is 101 cm³/mol. The topological polar surface area (TPSA) is 70.2 Å². The molecule has 0 spiro atoms. The maximum Gasteiger partial charge on any atom is 0.261 e. The Balaban J connectivity index is 1.68. The van der Waals surface area contributed by atoms with Crippen LogP contribution in [0.4, 0.5) is 9.39 Å². The van der Waals surface area contributed by atoms with Gasteiger partial charge in [-0.3, -0.25) is 9.59 Å². The summed E-state index contributed by atoms with van der Waals surface area (Å²) in [7, 11) is 0. The highest BCUT2D eigenvalue weighted by atomic mass is 32.1. The summed E-state index contributed by atoms with van der Waals surface area (Å²) in [5.74, 6) is -0.599. The third kappa shape index (κ3) is 4.28. The number of rotatable bonds is 4. The van der Waals surface area contributed by atoms with Crippen molar-refractivity contribution < 1.29 is 14.0 Å². The molecule has 2 amide bonds. The smallest absolute Gasteiger partial charge is 0.261 e. The fraction of sp³-hybridized carbons (Fsp3) is 0.368. The molecule has 1 saturated heterocycles. The molecule has 1 aliphatic heterocycles. The summed E-state index contributed by atoms with van der Waals surface area (Å²) in [5.41, 5.74) is 1.05. The van der Waals surface area contributed by atoms with E-state index in [0.29, 0.717) is 15.8 Å². The lowest BCUT2D eigenvalue weighted by molar-refractivity contribution is 0.0917. The van der Waals surface area contributed by atoms with Crippen molar-refractivity contribution in [3.05, 3.63) is 52.2 Å². The van der Waals surface area contributed by atoms with Gasteiger partial charge in [-0.15, -0.1) is 11.3 Å². The van der Waals surface area contributed by atoms with Gasteiger partial charge in [-0.2, -0.15) is 0 Å². The van der Waals surface area contributed by atoms with Gasteiger partial charge in [0.2, 0.25) is 0 Å². The molecule has 2 atom stereocenters. The van der Waals surface area contributed by atoms with Gasteiger partial charge in [-0.1, -0.05) is 13.0 Å². The number of piperidine rings is 1. The van der Waals surface area contributed by atoms with Crippen LogP contribution in [0, 0.1) is 18.7 Å². The van der Waals surface area contributed by atoms with Crippen molar-refractivity contribution in [2.75, 3.05) is 18.4 Å². The Morgan fingerprint density at radius 2 is 2.08 bits per heavy atom. The molecular weight excluding hydrogens is 353 g/mol. The molecule has 138 valence electrons. The van der Waals surface area contributed by atoms with Crippen molar-refractivity contribution in [1.29, 1.82) is 0 Å². The van der Waals surface area contributed by atoms with Crippen LogP contribution in [0.3, 0.4) is 0 Å². The second kappa shape index (κ2) is 7.97. The van der Waals surface area contributed by atoms with Crippen LogP contribution in [0.1, 0.15) is 38.9 Å². The van der Waals surface area contributed by atoms with E-state index >= 15 is 0 Å². The van der Waals surface area contributed by atoms with Crippen molar-refractivity contribution in [2.24, 2.45) is 5.92 Å². The second-order valence-electron chi connectivity index (χ2n) is 6.64. The highest BCUT2D eigenvalue weighted by molar-refractivity contribution is 7.18. The highest BCUT2D eigenvalue weighted by Gasteiger charge is 2.24. The molecule has 0 saturated carbocycles. The molecular formula is C19H22FN3O2S. The van der Waals surface area contributed by atoms with Gasteiger partial charge in [-0.05, 0) is 62.2 Å². The number of hydrogen-bond donors (Lipinski definition) is 3. The standard InChI is InChI=1S/C19H22FN3O2S/c1-11-8-16(23-18(24)13-4-3-5-14(20)9-13)26-17(11)19(25)22-15-6-7-21-10-12(15)2/h3-5,8-9,12,15,21H,6-7,10H2,1-2H3,(H,22,25)(H,23,24). The number of nitrogens with one attached hydrogen (secondary N) is 3. The van der Waals surface area contributed by atoms with Gasteiger partial charge in [0.15, 0.2) is 0 Å². The maximum absolute atomic E-state index is 13.3. The first-order valence-corrected chi connectivity index (χ1v) is 9.44. The third-order valence-electron chi connectivity index (χ3n) is 4.55. The van der Waals surface area contributed by atoms with Crippen LogP contribution in [0.2, 0.25) is 0 Å². The van der Waals surface area contributed by atoms with E-state index in [1.807, 2.05) is 6.92 Å². The Bertz CT molecular complexity index is 821. The predicted octanol–water partition coefficient (Wildman–Crippen LogP) is 3.18. The summed E-state index contributed by atoms with van der Waals surface area (Å²) >= 11 is 1.23. The van der Waals surface area contributed by atoms with E-state index in [-0.39, 0.29) is 17.5 Å². The van der Waals surface area contributed by atoms with Gasteiger partial charge in [0.05, 0.1) is 9.88 Å². The zero-order chi connectivity index (χ0) is 18.7. The van der Waals surface area contributed by atoms with Gasteiger partial charge in [-0.25, -0.2) is 4.39 Å². The number of anilines is 1. The minimum atomic E-state index is -0.462. The largest absolute Gasteiger partial charge is 0.348 e. The van der Waals surface area contributed by atoms with Crippen molar-refractivity contribution in [3.63, 3.8) is 0 Å². The van der Waals surface area contributed by atoms with E-state index in [2.05, 4.69) is 22.9 Å². The molecule has 0 aliphatic carbocycles. The summed E-state index contributed by atoms with van der Waals surface area (Å²) in [6.45, 7) is 5.75. The summed E-state index contributed by atoms with van der Waals surface area (Å²) in [6.07, 6.45) is 0.903. The monoisotopic (exact) mass is 375 g/mol. The van der Waals surface area contributed by atoms with Crippen LogP contribution < -0.4 is 16.0 Å². The Hall–Kier alpha value is -2.25. The number of carbonyl (C=O) groups is 2. The molecule has 0 radical (unpaired) electrons. The van der Waals surface area contributed by atoms with Crippen LogP contribution >= 0.6 is 11.3 Å². The number of halogens is 1. The van der Waals surface area contributed by atoms with Crippen molar-refractivity contribution >= 4 is 28.2 Å². The highest BCUT2D eigenvalue weighted by Crippen LogP contribution is 2.27. The zero-order valence-corrected chi connectivity index (χ0v) is 15.6. The normalized spacial score (nSPS) is 19.8. The van der Waals surface area contributed by atoms with Gasteiger partial charge < -0.3 is 16.0 Å². The minimum absolute atomic E-state index is 0.113. The van der Waals surface area contributed by atoms with E-state index in [0.717, 1.165) is 25.1 Å². The van der Waals surface area contributed by atoms with Crippen molar-refractivity contribution in [1.82, 2.24) is 10.6 Å². The second-order valence-corrected chi connectivity index (χ2v) is 7.69. The molecule has 5 nitrogen and oxygen atoms in total. The van der Waals surface area contributed by atoms with Crippen LogP contribution in [0.15, 0.2) is 30.3 Å². The van der Waals surface area contributed by atoms with Gasteiger partial charge in [0.1, 0.15) is 5.82 Å². The number of amides is 2. The summed E-state index contributed by atoms with van der Waals surface area (Å²) in [6, 6.07) is 7.42. The number of aryl methyl sites for hydroxylation is 1. The quantitative estimate of drug-likeness (QED) is 0.769. The van der Waals surface area contributed by atoms with E-state index in [1.165, 1.54) is 29.5 Å². The lowest BCUT2D eigenvalue weighted by Crippen LogP contribution is -2.48. The van der Waals surface area contributed by atoms with E-state index in [1.54, 1.807) is 12.1 Å². The van der Waals surface area contributed by atoms with Crippen LogP contribution in [0.5, 0.6) is 0 Å². The van der Waals surface area contributed by atoms with Gasteiger partial charge in [0, 0.05) is 11.6 Å². The van der Waals surface area contributed by atoms with E-state index in [4.69, 9.17) is 0 Å². The Labute approximate surface area is 156 Å². The SMILES string of the molecule is Cc1cc(NC(=O)c2cccc(F)c2)sc1C(=O)NC1CCNCC1C. The first-order valence-electron chi connectivity index (χ1n) is 8.63. The minimum Gasteiger partial charge on any atom is -0.348 e. The molecule has 26 heavy (non-hydrogen) atoms. The lowest BCUT2D eigenvalue weighted by atomic mass is 9.95. The molecule has 2 unspecified atom stereocenters. The van der Waals surface area contributed by atoms with Crippen LogP contribution in [-0.4, -0.2) is 30.9 Å². The zero-order valence-electron chi connectivity index (χ0n) is 14.8. The Morgan fingerprint density at radius 1 is 1.27 bits per heavy atom. The van der Waals surface area contributed by atoms with Crippen LogP contribution in [0.25, 0.3) is 0 Å². The Morgan fingerprint density at radius 3 is 2.81 bits per heavy atom. The maximum atomic E-state index is 13.3. The van der Waals surface area contributed by atoms with E-state index in [9.17, 15) is 14.0 Å². The molecule has 1 aromatic heterocycles. The molecule has 2 aromatic rings. The van der Waals surface area contributed by atoms with Crippen molar-refractivity contribution in [2.45, 2.75) is 26.3 Å². The third-order valence-corrected chi connectivity index (χ3v) is 5.70. The molecule has 3 rings (SSSR count). The van der Waals surface area contributed by atoms with Crippen LogP contribution in [-0.2, 0) is 0 Å². The first kappa shape index (κ1) is 18.5. The van der Waals surface area contributed by atoms with E-state index < -0.39 is 11.7 Å². The number of hydrogen-bond acceptors (Lipinski definition) is 4. The lowest BCUT2D eigenvalue weighted by Gasteiger charge is -2.30. The van der Waals surface area contributed by atoms with Gasteiger partial charge in [0.25, 0.3) is 11.8 Å². The summed E-state index contributed by atoms with van der Waals surface area (Å²) in [5, 5.41) is 9.72. The Kier molecular flexibility index (Phi) is 5.68. The number of benzene rings is 1. The molecule has 1 fully saturated rings. The average Bonchev–Trinajstić information content (AvgIpc) is 2.97. The fourth-order valence-corrected chi connectivity index (χ4v) is 4.02. The molecule has 0 bridgehead atoms. The van der Waals surface area contributed by atoms with Gasteiger partial charge >= 0.3 is 0 Å². The molecule has 1 aromatic carbocycles. The number of carbonyl (C=O) groups excluding carboxylic acids is 2. The molecule has 3 N–H and O–H groups in total. The molecule has 2 heterocycles. The first-order chi connectivity index (χ1) is 12.4.